The van der Waals surface area contributed by atoms with Crippen molar-refractivity contribution in [3.05, 3.63) is 65.9 Å². The van der Waals surface area contributed by atoms with Gasteiger partial charge < -0.3 is 9.64 Å². The molecule has 0 saturated heterocycles. The molecule has 7 nitrogen and oxygen atoms in total. The lowest BCUT2D eigenvalue weighted by Crippen LogP contribution is -2.42. The third kappa shape index (κ3) is 5.37. The van der Waals surface area contributed by atoms with Crippen LogP contribution < -0.4 is 4.74 Å². The molecule has 0 fully saturated rings. The van der Waals surface area contributed by atoms with E-state index in [0.29, 0.717) is 36.0 Å². The van der Waals surface area contributed by atoms with Gasteiger partial charge in [0.2, 0.25) is 0 Å². The second-order valence-corrected chi connectivity index (χ2v) is 7.05. The normalized spacial score (nSPS) is 12.3. The lowest BCUT2D eigenvalue weighted by atomic mass is 10.1. The van der Waals surface area contributed by atoms with Crippen molar-refractivity contribution >= 4 is 5.91 Å². The Morgan fingerprint density at radius 3 is 2.34 bits per heavy atom. The molecule has 1 amide bonds. The maximum atomic E-state index is 13.3. The molecule has 0 saturated carbocycles. The van der Waals surface area contributed by atoms with Crippen LogP contribution in [0.2, 0.25) is 0 Å². The topological polar surface area (TPSA) is 81.1 Å². The van der Waals surface area contributed by atoms with Gasteiger partial charge >= 0.3 is 12.2 Å². The van der Waals surface area contributed by atoms with Gasteiger partial charge in [-0.3, -0.25) is 4.79 Å². The largest absolute Gasteiger partial charge is 0.461 e. The fraction of sp³-hybridized carbons (Fsp3) is 0.318. The lowest BCUT2D eigenvalue weighted by Gasteiger charge is -2.28. The molecule has 0 aliphatic heterocycles. The number of nitrogens with zero attached hydrogens (tertiary/aromatic N) is 5. The number of hydrogen-bond donors (Lipinski definition) is 0. The second kappa shape index (κ2) is 9.71. The van der Waals surface area contributed by atoms with Gasteiger partial charge in [0, 0.05) is 30.7 Å². The molecule has 2 heterocycles. The zero-order valence-corrected chi connectivity index (χ0v) is 17.8. The van der Waals surface area contributed by atoms with Crippen molar-refractivity contribution in [2.45, 2.75) is 33.0 Å². The number of aromatic nitrogens is 4. The van der Waals surface area contributed by atoms with Gasteiger partial charge in [0.1, 0.15) is 12.4 Å². The number of rotatable bonds is 7. The molecule has 2 aromatic heterocycles. The summed E-state index contributed by atoms with van der Waals surface area (Å²) in [6, 6.07) is 8.71. The quantitative estimate of drug-likeness (QED) is 0.543. The van der Waals surface area contributed by atoms with Crippen LogP contribution in [0.4, 0.5) is 13.2 Å². The number of benzene rings is 1. The Balaban J connectivity index is 1.76. The summed E-state index contributed by atoms with van der Waals surface area (Å²) in [6.45, 7) is 5.71. The average molecular weight is 445 g/mol. The van der Waals surface area contributed by atoms with E-state index in [9.17, 15) is 18.0 Å². The molecular weight excluding hydrogens is 423 g/mol. The third-order valence-electron chi connectivity index (χ3n) is 4.73. The molecule has 0 N–H and O–H groups in total. The summed E-state index contributed by atoms with van der Waals surface area (Å²) in [5, 5.41) is 0. The molecule has 0 bridgehead atoms. The summed E-state index contributed by atoms with van der Waals surface area (Å²) < 4.78 is 43.3. The van der Waals surface area contributed by atoms with Crippen LogP contribution >= 0.6 is 0 Å². The van der Waals surface area contributed by atoms with Gasteiger partial charge in [0.25, 0.3) is 5.91 Å². The van der Waals surface area contributed by atoms with Crippen LogP contribution in [-0.4, -0.2) is 49.9 Å². The van der Waals surface area contributed by atoms with Crippen LogP contribution in [0.1, 0.15) is 35.6 Å². The summed E-state index contributed by atoms with van der Waals surface area (Å²) in [4.78, 5) is 30.7. The Labute approximate surface area is 183 Å². The van der Waals surface area contributed by atoms with E-state index in [4.69, 9.17) is 4.74 Å². The highest BCUT2D eigenvalue weighted by molar-refractivity contribution is 5.99. The number of ether oxygens (including phenoxy) is 1. The molecule has 1 atom stereocenters. The molecular formula is C22H22F3N5O2. The monoisotopic (exact) mass is 445 g/mol. The minimum Gasteiger partial charge on any atom is -0.461 e. The Hall–Kier alpha value is -3.56. The number of alkyl halides is 3. The van der Waals surface area contributed by atoms with Gasteiger partial charge in [-0.15, -0.1) is 0 Å². The standard InChI is InChI=1S/C22H22F3N5O2/c1-4-30(14(2)13-32-21-27-10-17(11-28-21)22(23,24)25)20(31)18-12-26-15(3)29-19(18)16-8-6-5-7-9-16/h5-12,14H,4,13H2,1-3H3/t14-/m0/s1. The number of likely N-dealkylation sites (N-methyl/N-ethyl adjacent to an activating group) is 1. The van der Waals surface area contributed by atoms with E-state index in [-0.39, 0.29) is 18.5 Å². The highest BCUT2D eigenvalue weighted by Crippen LogP contribution is 2.28. The molecule has 1 aromatic carbocycles. The molecule has 0 radical (unpaired) electrons. The van der Waals surface area contributed by atoms with Crippen LogP contribution in [0.3, 0.4) is 0 Å². The van der Waals surface area contributed by atoms with Gasteiger partial charge in [0.15, 0.2) is 0 Å². The van der Waals surface area contributed by atoms with E-state index in [1.807, 2.05) is 37.3 Å². The summed E-state index contributed by atoms with van der Waals surface area (Å²) in [6.07, 6.45) is -1.71. The number of carbonyl (C=O) groups excluding carboxylic acids is 1. The van der Waals surface area contributed by atoms with Gasteiger partial charge in [-0.2, -0.15) is 13.2 Å². The first-order chi connectivity index (χ1) is 15.2. The molecule has 3 aromatic rings. The smallest absolute Gasteiger partial charge is 0.419 e. The summed E-state index contributed by atoms with van der Waals surface area (Å²) in [5.41, 5.74) is 0.706. The van der Waals surface area contributed by atoms with E-state index in [2.05, 4.69) is 19.9 Å². The Bertz CT molecular complexity index is 1060. The van der Waals surface area contributed by atoms with Crippen molar-refractivity contribution in [2.75, 3.05) is 13.2 Å². The zero-order chi connectivity index (χ0) is 23.3. The van der Waals surface area contributed by atoms with Crippen molar-refractivity contribution in [3.8, 4) is 17.3 Å². The average Bonchev–Trinajstić information content (AvgIpc) is 2.78. The van der Waals surface area contributed by atoms with Gasteiger partial charge in [0.05, 0.1) is 22.9 Å². The van der Waals surface area contributed by atoms with Crippen LogP contribution in [0.25, 0.3) is 11.3 Å². The molecule has 3 rings (SSSR count). The zero-order valence-electron chi connectivity index (χ0n) is 17.8. The van der Waals surface area contributed by atoms with Crippen LogP contribution in [0.15, 0.2) is 48.9 Å². The first kappa shape index (κ1) is 23.1. The number of hydrogen-bond acceptors (Lipinski definition) is 6. The van der Waals surface area contributed by atoms with Gasteiger partial charge in [-0.1, -0.05) is 30.3 Å². The highest BCUT2D eigenvalue weighted by atomic mass is 19.4. The number of carbonyl (C=O) groups is 1. The van der Waals surface area contributed by atoms with E-state index in [1.54, 1.807) is 18.7 Å². The minimum atomic E-state index is -4.52. The summed E-state index contributed by atoms with van der Waals surface area (Å²) in [5.74, 6) is 0.259. The minimum absolute atomic E-state index is 0.00165. The first-order valence-corrected chi connectivity index (χ1v) is 9.92. The second-order valence-electron chi connectivity index (χ2n) is 7.05. The number of amides is 1. The summed E-state index contributed by atoms with van der Waals surface area (Å²) >= 11 is 0. The molecule has 0 aliphatic carbocycles. The molecule has 168 valence electrons. The molecule has 0 spiro atoms. The fourth-order valence-electron chi connectivity index (χ4n) is 3.07. The van der Waals surface area contributed by atoms with E-state index in [1.165, 1.54) is 6.20 Å². The molecule has 0 unspecified atom stereocenters. The highest BCUT2D eigenvalue weighted by Gasteiger charge is 2.31. The maximum absolute atomic E-state index is 13.3. The lowest BCUT2D eigenvalue weighted by molar-refractivity contribution is -0.138. The van der Waals surface area contributed by atoms with E-state index >= 15 is 0 Å². The van der Waals surface area contributed by atoms with Gasteiger partial charge in [-0.25, -0.2) is 19.9 Å². The van der Waals surface area contributed by atoms with Crippen LogP contribution in [-0.2, 0) is 6.18 Å². The predicted octanol–water partition coefficient (Wildman–Crippen LogP) is 4.19. The van der Waals surface area contributed by atoms with Crippen molar-refractivity contribution in [1.82, 2.24) is 24.8 Å². The van der Waals surface area contributed by atoms with Crippen molar-refractivity contribution < 1.29 is 22.7 Å². The van der Waals surface area contributed by atoms with Crippen molar-refractivity contribution in [1.29, 1.82) is 0 Å². The summed E-state index contributed by atoms with van der Waals surface area (Å²) in [7, 11) is 0. The Morgan fingerprint density at radius 1 is 1.09 bits per heavy atom. The van der Waals surface area contributed by atoms with Crippen LogP contribution in [0, 0.1) is 6.92 Å². The van der Waals surface area contributed by atoms with Gasteiger partial charge in [-0.05, 0) is 20.8 Å². The van der Waals surface area contributed by atoms with Crippen molar-refractivity contribution in [3.63, 3.8) is 0 Å². The van der Waals surface area contributed by atoms with E-state index < -0.39 is 17.8 Å². The Kier molecular flexibility index (Phi) is 7.01. The number of aryl methyl sites for hydroxylation is 1. The predicted molar refractivity (Wildman–Crippen MR) is 111 cm³/mol. The third-order valence-corrected chi connectivity index (χ3v) is 4.73. The Morgan fingerprint density at radius 2 is 1.75 bits per heavy atom. The van der Waals surface area contributed by atoms with Crippen molar-refractivity contribution in [2.24, 2.45) is 0 Å². The molecule has 10 heteroatoms. The SMILES string of the molecule is CCN(C(=O)c1cnc(C)nc1-c1ccccc1)[C@@H](C)COc1ncc(C(F)(F)F)cn1. The number of halogens is 3. The van der Waals surface area contributed by atoms with Crippen LogP contribution in [0.5, 0.6) is 6.01 Å². The molecule has 32 heavy (non-hydrogen) atoms. The molecule has 0 aliphatic rings. The van der Waals surface area contributed by atoms with E-state index in [0.717, 1.165) is 5.56 Å². The fourth-order valence-corrected chi connectivity index (χ4v) is 3.07. The first-order valence-electron chi connectivity index (χ1n) is 9.92. The maximum Gasteiger partial charge on any atom is 0.419 e.